The van der Waals surface area contributed by atoms with E-state index in [1.165, 1.54) is 5.56 Å². The lowest BCUT2D eigenvalue weighted by molar-refractivity contribution is -0.132. The number of fused-ring (bicyclic) bond motifs is 2. The van der Waals surface area contributed by atoms with Gasteiger partial charge in [-0.2, -0.15) is 0 Å². The zero-order chi connectivity index (χ0) is 26.4. The largest absolute Gasteiger partial charge is 0.458 e. The lowest BCUT2D eigenvalue weighted by atomic mass is 9.87. The summed E-state index contributed by atoms with van der Waals surface area (Å²) in [6, 6.07) is 23.3. The number of halogens is 1. The molecule has 1 N–H and O–H groups in total. The third-order valence-corrected chi connectivity index (χ3v) is 7.70. The van der Waals surface area contributed by atoms with Gasteiger partial charge < -0.3 is 18.9 Å². The summed E-state index contributed by atoms with van der Waals surface area (Å²) in [4.78, 5) is 15.7. The van der Waals surface area contributed by atoms with Crippen molar-refractivity contribution < 1.29 is 18.8 Å². The Bertz CT molecular complexity index is 1620. The van der Waals surface area contributed by atoms with E-state index in [0.29, 0.717) is 39.9 Å². The van der Waals surface area contributed by atoms with E-state index < -0.39 is 6.10 Å². The number of benzene rings is 3. The van der Waals surface area contributed by atoms with Crippen LogP contribution in [0.2, 0.25) is 5.02 Å². The number of nitrogens with zero attached hydrogens (tertiary/aromatic N) is 2. The van der Waals surface area contributed by atoms with Gasteiger partial charge >= 0.3 is 0 Å². The molecule has 1 aliphatic rings. The molecule has 0 aliphatic carbocycles. The molecule has 0 bridgehead atoms. The predicted octanol–water partition coefficient (Wildman–Crippen LogP) is 6.49. The molecule has 3 heterocycles. The standard InChI is InChI=1S/C31H27ClN2O4/c1-18-28(19(2)38-33-18)31(36)26-17-23-15-20(11-12-25(23)37-26)16-27(35)34-14-13-21-9-6-10-24(32)29(21)30(34)22-7-4-3-5-8-22/h3-12,15,17,30-31,36H,13-14,16H2,1-2H3. The molecule has 2 atom stereocenters. The second kappa shape index (κ2) is 9.78. The highest BCUT2D eigenvalue weighted by atomic mass is 35.5. The zero-order valence-electron chi connectivity index (χ0n) is 21.1. The first-order chi connectivity index (χ1) is 18.4. The molecular formula is C31H27ClN2O4. The Morgan fingerprint density at radius 3 is 2.68 bits per heavy atom. The van der Waals surface area contributed by atoms with Crippen molar-refractivity contribution in [1.82, 2.24) is 10.1 Å². The Balaban J connectivity index is 1.29. The Kier molecular flexibility index (Phi) is 6.30. The molecule has 0 saturated carbocycles. The van der Waals surface area contributed by atoms with Gasteiger partial charge in [-0.05, 0) is 61.2 Å². The summed E-state index contributed by atoms with van der Waals surface area (Å²) in [5.41, 5.74) is 5.97. The first kappa shape index (κ1) is 24.5. The highest BCUT2D eigenvalue weighted by Crippen LogP contribution is 2.40. The van der Waals surface area contributed by atoms with E-state index in [2.05, 4.69) is 11.2 Å². The summed E-state index contributed by atoms with van der Waals surface area (Å²) in [5, 5.41) is 16.3. The van der Waals surface area contributed by atoms with Crippen LogP contribution < -0.4 is 0 Å². The summed E-state index contributed by atoms with van der Waals surface area (Å²) in [6.07, 6.45) is 0.0178. The minimum atomic E-state index is -0.983. The number of carbonyl (C=O) groups is 1. The van der Waals surface area contributed by atoms with Gasteiger partial charge in [0.1, 0.15) is 23.2 Å². The van der Waals surface area contributed by atoms with Gasteiger partial charge in [-0.3, -0.25) is 4.79 Å². The van der Waals surface area contributed by atoms with Gasteiger partial charge in [-0.25, -0.2) is 0 Å². The van der Waals surface area contributed by atoms with Crippen molar-refractivity contribution in [2.24, 2.45) is 0 Å². The molecule has 0 fully saturated rings. The molecule has 0 radical (unpaired) electrons. The van der Waals surface area contributed by atoms with Crippen molar-refractivity contribution in [2.75, 3.05) is 6.54 Å². The molecule has 2 aromatic heterocycles. The summed E-state index contributed by atoms with van der Waals surface area (Å²) < 4.78 is 11.1. The number of rotatable bonds is 5. The van der Waals surface area contributed by atoms with E-state index in [-0.39, 0.29) is 18.4 Å². The topological polar surface area (TPSA) is 79.7 Å². The predicted molar refractivity (Wildman–Crippen MR) is 145 cm³/mol. The van der Waals surface area contributed by atoms with Crippen molar-refractivity contribution in [1.29, 1.82) is 0 Å². The van der Waals surface area contributed by atoms with Crippen LogP contribution in [0.3, 0.4) is 0 Å². The smallest absolute Gasteiger partial charge is 0.227 e. The number of aryl methyl sites for hydroxylation is 2. The van der Waals surface area contributed by atoms with Crippen LogP contribution in [-0.4, -0.2) is 27.6 Å². The number of aliphatic hydroxyl groups excluding tert-OH is 1. The van der Waals surface area contributed by atoms with Gasteiger partial charge in [0.25, 0.3) is 0 Å². The van der Waals surface area contributed by atoms with Gasteiger partial charge in [-0.1, -0.05) is 65.3 Å². The van der Waals surface area contributed by atoms with Gasteiger partial charge in [0.15, 0.2) is 0 Å². The maximum atomic E-state index is 13.8. The number of furan rings is 1. The van der Waals surface area contributed by atoms with Crippen LogP contribution in [0, 0.1) is 13.8 Å². The van der Waals surface area contributed by atoms with Crippen molar-refractivity contribution in [3.05, 3.63) is 123 Å². The maximum absolute atomic E-state index is 13.8. The van der Waals surface area contributed by atoms with E-state index in [1.807, 2.05) is 71.6 Å². The van der Waals surface area contributed by atoms with Crippen LogP contribution in [0.1, 0.15) is 57.2 Å². The second-order valence-electron chi connectivity index (χ2n) is 9.80. The zero-order valence-corrected chi connectivity index (χ0v) is 21.9. The molecular weight excluding hydrogens is 500 g/mol. The summed E-state index contributed by atoms with van der Waals surface area (Å²) in [5.74, 6) is 0.991. The average Bonchev–Trinajstić information content (AvgIpc) is 3.50. The lowest BCUT2D eigenvalue weighted by Gasteiger charge is -2.38. The maximum Gasteiger partial charge on any atom is 0.227 e. The number of aliphatic hydroxyl groups is 1. The third kappa shape index (κ3) is 4.30. The number of carbonyl (C=O) groups excluding carboxylic acids is 1. The van der Waals surface area contributed by atoms with Crippen LogP contribution >= 0.6 is 11.6 Å². The molecule has 1 amide bonds. The molecule has 38 heavy (non-hydrogen) atoms. The molecule has 3 aromatic carbocycles. The van der Waals surface area contributed by atoms with Crippen LogP contribution in [-0.2, 0) is 17.6 Å². The molecule has 0 spiro atoms. The molecule has 0 saturated heterocycles. The van der Waals surface area contributed by atoms with Gasteiger partial charge in [-0.15, -0.1) is 0 Å². The normalized spacial score (nSPS) is 16.0. The van der Waals surface area contributed by atoms with Crippen LogP contribution in [0.5, 0.6) is 0 Å². The van der Waals surface area contributed by atoms with Crippen molar-refractivity contribution in [3.63, 3.8) is 0 Å². The van der Waals surface area contributed by atoms with E-state index in [1.54, 1.807) is 13.8 Å². The number of hydrogen-bond donors (Lipinski definition) is 1. The third-order valence-electron chi connectivity index (χ3n) is 7.37. The molecule has 5 aromatic rings. The first-order valence-corrected chi connectivity index (χ1v) is 13.0. The highest BCUT2D eigenvalue weighted by molar-refractivity contribution is 6.31. The van der Waals surface area contributed by atoms with Crippen LogP contribution in [0.15, 0.2) is 81.7 Å². The first-order valence-electron chi connectivity index (χ1n) is 12.7. The van der Waals surface area contributed by atoms with Gasteiger partial charge in [0.2, 0.25) is 5.91 Å². The highest BCUT2D eigenvalue weighted by Gasteiger charge is 2.33. The van der Waals surface area contributed by atoms with Crippen molar-refractivity contribution in [2.45, 2.75) is 38.8 Å². The lowest BCUT2D eigenvalue weighted by Crippen LogP contribution is -2.41. The fraction of sp³-hybridized carbons (Fsp3) is 0.226. The van der Waals surface area contributed by atoms with Crippen molar-refractivity contribution >= 4 is 28.5 Å². The average molecular weight is 527 g/mol. The summed E-state index contributed by atoms with van der Waals surface area (Å²) in [6.45, 7) is 4.17. The molecule has 6 rings (SSSR count). The van der Waals surface area contributed by atoms with Crippen molar-refractivity contribution in [3.8, 4) is 0 Å². The van der Waals surface area contributed by atoms with E-state index in [9.17, 15) is 9.90 Å². The number of hydrogen-bond acceptors (Lipinski definition) is 5. The molecule has 1 aliphatic heterocycles. The van der Waals surface area contributed by atoms with Crippen LogP contribution in [0.25, 0.3) is 11.0 Å². The Morgan fingerprint density at radius 2 is 1.92 bits per heavy atom. The SMILES string of the molecule is Cc1noc(C)c1C(O)c1cc2cc(CC(=O)N3CCc4cccc(Cl)c4C3c3ccccc3)ccc2o1. The van der Waals surface area contributed by atoms with Gasteiger partial charge in [0.05, 0.1) is 23.7 Å². The van der Waals surface area contributed by atoms with Crippen LogP contribution in [0.4, 0.5) is 0 Å². The summed E-state index contributed by atoms with van der Waals surface area (Å²) in [7, 11) is 0. The Hall–Kier alpha value is -3.87. The second-order valence-corrected chi connectivity index (χ2v) is 10.2. The monoisotopic (exact) mass is 526 g/mol. The number of amides is 1. The number of aromatic nitrogens is 1. The van der Waals surface area contributed by atoms with Gasteiger partial charge in [0, 0.05) is 22.5 Å². The minimum absolute atomic E-state index is 0.0308. The fourth-order valence-electron chi connectivity index (χ4n) is 5.54. The quantitative estimate of drug-likeness (QED) is 0.283. The molecule has 7 heteroatoms. The molecule has 192 valence electrons. The van der Waals surface area contributed by atoms with E-state index in [0.717, 1.165) is 28.5 Å². The van der Waals surface area contributed by atoms with E-state index >= 15 is 0 Å². The Morgan fingerprint density at radius 1 is 1.11 bits per heavy atom. The molecule has 2 unspecified atom stereocenters. The fourth-order valence-corrected chi connectivity index (χ4v) is 5.84. The summed E-state index contributed by atoms with van der Waals surface area (Å²) >= 11 is 6.69. The van der Waals surface area contributed by atoms with E-state index in [4.69, 9.17) is 20.5 Å². The Labute approximate surface area is 225 Å². The molecule has 6 nitrogen and oxygen atoms in total. The minimum Gasteiger partial charge on any atom is -0.458 e.